The molecule has 1 spiro atoms. The van der Waals surface area contributed by atoms with E-state index in [-0.39, 0.29) is 23.2 Å². The maximum Gasteiger partial charge on any atom is 0.422 e. The highest BCUT2D eigenvalue weighted by Crippen LogP contribution is 2.54. The van der Waals surface area contributed by atoms with E-state index in [1.54, 1.807) is 0 Å². The molecule has 0 bridgehead atoms. The number of methoxy groups -OCH3 is 1. The minimum absolute atomic E-state index is 0.0195. The van der Waals surface area contributed by atoms with Gasteiger partial charge in [-0.25, -0.2) is 4.79 Å². The van der Waals surface area contributed by atoms with Gasteiger partial charge in [-0.3, -0.25) is 9.63 Å². The van der Waals surface area contributed by atoms with Gasteiger partial charge >= 0.3 is 18.1 Å². The van der Waals surface area contributed by atoms with E-state index in [0.717, 1.165) is 5.56 Å². The standard InChI is InChI=1S/C29H34F3NO6/c1-27(2,3)38-26(35)20-11-8-14-28(24(20)18-9-6-5-7-10-18)16-22(33-39-28)21-15-19(25(34)36-4)12-13-23(21)37-17-29(30,31)32/h5-7,9-10,12-13,15,20,22,24,33H,8,11,14,16-17H2,1-4H3/t20?,22-,24+,28+/m0/s1. The first kappa shape index (κ1) is 28.9. The molecular weight excluding hydrogens is 515 g/mol. The normalized spacial score (nSPS) is 25.4. The minimum atomic E-state index is -4.54. The lowest BCUT2D eigenvalue weighted by Gasteiger charge is -2.44. The molecule has 10 heteroatoms. The molecule has 1 aliphatic carbocycles. The van der Waals surface area contributed by atoms with Gasteiger partial charge in [0.2, 0.25) is 0 Å². The van der Waals surface area contributed by atoms with Crippen molar-refractivity contribution in [1.82, 2.24) is 5.48 Å². The number of rotatable bonds is 6. The molecule has 39 heavy (non-hydrogen) atoms. The van der Waals surface area contributed by atoms with Crippen LogP contribution in [-0.4, -0.2) is 43.0 Å². The van der Waals surface area contributed by atoms with Crippen LogP contribution in [0.15, 0.2) is 48.5 Å². The summed E-state index contributed by atoms with van der Waals surface area (Å²) in [6.07, 6.45) is -2.28. The monoisotopic (exact) mass is 549 g/mol. The molecule has 1 saturated carbocycles. The fraction of sp³-hybridized carbons (Fsp3) is 0.517. The van der Waals surface area contributed by atoms with Crippen molar-refractivity contribution < 1.29 is 41.8 Å². The topological polar surface area (TPSA) is 83.1 Å². The van der Waals surface area contributed by atoms with Crippen LogP contribution >= 0.6 is 0 Å². The molecular formula is C29H34F3NO6. The second-order valence-corrected chi connectivity index (χ2v) is 11.1. The number of hydroxylamine groups is 1. The van der Waals surface area contributed by atoms with Gasteiger partial charge in [-0.05, 0) is 63.8 Å². The Bertz CT molecular complexity index is 1180. The molecule has 7 nitrogen and oxygen atoms in total. The number of carbonyl (C=O) groups excluding carboxylic acids is 2. The molecule has 4 rings (SSSR count). The van der Waals surface area contributed by atoms with Gasteiger partial charge in [-0.15, -0.1) is 0 Å². The summed E-state index contributed by atoms with van der Waals surface area (Å²) in [6, 6.07) is 13.1. The largest absolute Gasteiger partial charge is 0.484 e. The predicted octanol–water partition coefficient (Wildman–Crippen LogP) is 6.04. The summed E-state index contributed by atoms with van der Waals surface area (Å²) in [5.41, 5.74) is 2.90. The SMILES string of the molecule is COC(=O)c1ccc(OCC(F)(F)F)c([C@@H]2C[C@@]3(CCCC(C(=O)OC(C)(C)C)[C@H]3c3ccccc3)ON2)c1. The summed E-state index contributed by atoms with van der Waals surface area (Å²) >= 11 is 0. The Hall–Kier alpha value is -3.11. The van der Waals surface area contributed by atoms with Crippen LogP contribution in [0.3, 0.4) is 0 Å². The molecule has 212 valence electrons. The molecule has 4 atom stereocenters. The summed E-state index contributed by atoms with van der Waals surface area (Å²) in [6.45, 7) is 3.98. The van der Waals surface area contributed by atoms with Crippen LogP contribution in [0.4, 0.5) is 13.2 Å². The lowest BCUT2D eigenvalue weighted by Crippen LogP contribution is -2.47. The van der Waals surface area contributed by atoms with Crippen molar-refractivity contribution in [2.75, 3.05) is 13.7 Å². The van der Waals surface area contributed by atoms with Crippen molar-refractivity contribution in [3.8, 4) is 5.75 Å². The van der Waals surface area contributed by atoms with Crippen LogP contribution in [0.5, 0.6) is 5.75 Å². The van der Waals surface area contributed by atoms with Crippen molar-refractivity contribution in [3.63, 3.8) is 0 Å². The summed E-state index contributed by atoms with van der Waals surface area (Å²) in [7, 11) is 1.23. The molecule has 2 aliphatic rings. The third-order valence-electron chi connectivity index (χ3n) is 7.10. The Morgan fingerprint density at radius 1 is 1.10 bits per heavy atom. The molecule has 1 heterocycles. The molecule has 0 aromatic heterocycles. The van der Waals surface area contributed by atoms with E-state index in [1.807, 2.05) is 51.1 Å². The summed E-state index contributed by atoms with van der Waals surface area (Å²) in [5.74, 6) is -1.82. The van der Waals surface area contributed by atoms with Gasteiger partial charge in [-0.1, -0.05) is 30.3 Å². The van der Waals surface area contributed by atoms with Crippen molar-refractivity contribution in [1.29, 1.82) is 0 Å². The second-order valence-electron chi connectivity index (χ2n) is 11.1. The van der Waals surface area contributed by atoms with Crippen LogP contribution in [0, 0.1) is 5.92 Å². The van der Waals surface area contributed by atoms with Crippen LogP contribution < -0.4 is 10.2 Å². The Balaban J connectivity index is 1.71. The summed E-state index contributed by atoms with van der Waals surface area (Å²) in [5, 5.41) is 0. The van der Waals surface area contributed by atoms with E-state index < -0.39 is 41.9 Å². The van der Waals surface area contributed by atoms with Crippen molar-refractivity contribution >= 4 is 11.9 Å². The number of carbonyl (C=O) groups is 2. The zero-order chi connectivity index (χ0) is 28.4. The smallest absolute Gasteiger partial charge is 0.422 e. The van der Waals surface area contributed by atoms with Crippen LogP contribution in [-0.2, 0) is 19.1 Å². The highest BCUT2D eigenvalue weighted by atomic mass is 19.4. The van der Waals surface area contributed by atoms with Crippen molar-refractivity contribution in [2.24, 2.45) is 5.92 Å². The number of ether oxygens (including phenoxy) is 3. The maximum absolute atomic E-state index is 13.4. The fourth-order valence-electron chi connectivity index (χ4n) is 5.63. The second kappa shape index (κ2) is 11.2. The Kier molecular flexibility index (Phi) is 8.28. The van der Waals surface area contributed by atoms with Gasteiger partial charge in [0, 0.05) is 17.9 Å². The highest BCUT2D eigenvalue weighted by Gasteiger charge is 2.55. The number of nitrogens with one attached hydrogen (secondary N) is 1. The first-order valence-corrected chi connectivity index (χ1v) is 12.9. The molecule has 1 N–H and O–H groups in total. The Morgan fingerprint density at radius 2 is 1.82 bits per heavy atom. The molecule has 0 radical (unpaired) electrons. The quantitative estimate of drug-likeness (QED) is 0.440. The van der Waals surface area contributed by atoms with E-state index in [2.05, 4.69) is 5.48 Å². The summed E-state index contributed by atoms with van der Waals surface area (Å²) in [4.78, 5) is 31.9. The van der Waals surface area contributed by atoms with Gasteiger partial charge in [0.15, 0.2) is 6.61 Å². The van der Waals surface area contributed by atoms with Gasteiger partial charge in [0.25, 0.3) is 0 Å². The highest BCUT2D eigenvalue weighted by molar-refractivity contribution is 5.89. The third kappa shape index (κ3) is 6.73. The van der Waals surface area contributed by atoms with Crippen LogP contribution in [0.1, 0.15) is 79.9 Å². The number of hydrogen-bond acceptors (Lipinski definition) is 7. The first-order chi connectivity index (χ1) is 18.3. The number of esters is 2. The maximum atomic E-state index is 13.4. The number of benzene rings is 2. The number of hydrogen-bond donors (Lipinski definition) is 1. The van der Waals surface area contributed by atoms with E-state index in [0.29, 0.717) is 31.2 Å². The molecule has 1 saturated heterocycles. The van der Waals surface area contributed by atoms with Crippen molar-refractivity contribution in [2.45, 2.75) is 75.8 Å². The molecule has 2 aromatic rings. The van der Waals surface area contributed by atoms with E-state index in [1.165, 1.54) is 25.3 Å². The predicted molar refractivity (Wildman–Crippen MR) is 136 cm³/mol. The number of alkyl halides is 3. The van der Waals surface area contributed by atoms with Crippen LogP contribution in [0.25, 0.3) is 0 Å². The summed E-state index contributed by atoms with van der Waals surface area (Å²) < 4.78 is 54.7. The molecule has 1 unspecified atom stereocenters. The zero-order valence-corrected chi connectivity index (χ0v) is 22.5. The van der Waals surface area contributed by atoms with Crippen molar-refractivity contribution in [3.05, 3.63) is 65.2 Å². The van der Waals surface area contributed by atoms with E-state index >= 15 is 0 Å². The average Bonchev–Trinajstić information content (AvgIpc) is 3.29. The molecule has 0 amide bonds. The molecule has 1 aliphatic heterocycles. The lowest BCUT2D eigenvalue weighted by molar-refractivity contribution is -0.170. The van der Waals surface area contributed by atoms with Gasteiger partial charge in [0.05, 0.1) is 30.2 Å². The molecule has 2 aromatic carbocycles. The third-order valence-corrected chi connectivity index (χ3v) is 7.10. The minimum Gasteiger partial charge on any atom is -0.484 e. The van der Waals surface area contributed by atoms with Gasteiger partial charge in [-0.2, -0.15) is 18.7 Å². The first-order valence-electron chi connectivity index (χ1n) is 12.9. The van der Waals surface area contributed by atoms with Crippen LogP contribution in [0.2, 0.25) is 0 Å². The van der Waals surface area contributed by atoms with Gasteiger partial charge in [0.1, 0.15) is 11.4 Å². The Morgan fingerprint density at radius 3 is 2.46 bits per heavy atom. The number of halogens is 3. The Labute approximate surface area is 225 Å². The zero-order valence-electron chi connectivity index (χ0n) is 22.5. The average molecular weight is 550 g/mol. The van der Waals surface area contributed by atoms with E-state index in [4.69, 9.17) is 19.0 Å². The van der Waals surface area contributed by atoms with Gasteiger partial charge < -0.3 is 14.2 Å². The fourth-order valence-corrected chi connectivity index (χ4v) is 5.63. The lowest BCUT2D eigenvalue weighted by atomic mass is 9.64. The molecule has 2 fully saturated rings. The van der Waals surface area contributed by atoms with E-state index in [9.17, 15) is 22.8 Å².